The maximum Gasteiger partial charge on any atom is 0.302 e. The van der Waals surface area contributed by atoms with Gasteiger partial charge in [-0.3, -0.25) is 9.69 Å². The highest BCUT2D eigenvalue weighted by atomic mass is 16.5. The van der Waals surface area contributed by atoms with Crippen LogP contribution in [0, 0.1) is 0 Å². The molecule has 0 spiro atoms. The molecule has 1 heterocycles. The van der Waals surface area contributed by atoms with Crippen molar-refractivity contribution in [3.8, 4) is 0 Å². The molecular weight excluding hydrogens is 214 g/mol. The summed E-state index contributed by atoms with van der Waals surface area (Å²) < 4.78 is 5.25. The predicted molar refractivity (Wildman–Crippen MR) is 66.6 cm³/mol. The zero-order chi connectivity index (χ0) is 12.3. The molecule has 0 aromatic heterocycles. The maximum atomic E-state index is 10.9. The summed E-state index contributed by atoms with van der Waals surface area (Å²) in [5.74, 6) is -0.177. The van der Waals surface area contributed by atoms with Crippen LogP contribution in [0.5, 0.6) is 0 Å². The fourth-order valence-corrected chi connectivity index (χ4v) is 2.38. The highest BCUT2D eigenvalue weighted by Crippen LogP contribution is 2.25. The lowest BCUT2D eigenvalue weighted by Gasteiger charge is -2.24. The second-order valence-corrected chi connectivity index (χ2v) is 4.60. The average molecular weight is 233 g/mol. The van der Waals surface area contributed by atoms with Gasteiger partial charge in [0, 0.05) is 26.1 Å². The number of rotatable bonds is 3. The number of carbonyl (C=O) groups excluding carboxylic acids is 1. The zero-order valence-electron chi connectivity index (χ0n) is 10.4. The second kappa shape index (κ2) is 5.32. The largest absolute Gasteiger partial charge is 0.461 e. The van der Waals surface area contributed by atoms with Gasteiger partial charge in [0.1, 0.15) is 6.10 Å². The molecule has 1 aromatic rings. The van der Waals surface area contributed by atoms with Gasteiger partial charge in [-0.2, -0.15) is 0 Å². The van der Waals surface area contributed by atoms with Crippen molar-refractivity contribution in [1.29, 1.82) is 0 Å². The molecule has 1 aliphatic rings. The van der Waals surface area contributed by atoms with E-state index in [9.17, 15) is 4.79 Å². The molecular formula is C14H19NO2. The normalized spacial score (nSPS) is 22.4. The number of hydrogen-bond acceptors (Lipinski definition) is 3. The molecule has 1 aromatic carbocycles. The van der Waals surface area contributed by atoms with Crippen LogP contribution in [0.4, 0.5) is 0 Å². The van der Waals surface area contributed by atoms with Gasteiger partial charge in [-0.05, 0) is 18.9 Å². The first-order chi connectivity index (χ1) is 8.16. The standard InChI is InChI=1S/C14H19NO2/c1-11(13-6-4-3-5-7-13)15-9-8-14(10-15)17-12(2)16/h3-7,11,14H,8-10H2,1-2H3. The van der Waals surface area contributed by atoms with Gasteiger partial charge in [0.05, 0.1) is 0 Å². The van der Waals surface area contributed by atoms with Gasteiger partial charge < -0.3 is 4.74 Å². The van der Waals surface area contributed by atoms with E-state index in [4.69, 9.17) is 4.74 Å². The van der Waals surface area contributed by atoms with Crippen LogP contribution in [0.25, 0.3) is 0 Å². The molecule has 0 aliphatic carbocycles. The van der Waals surface area contributed by atoms with Crippen molar-refractivity contribution in [3.05, 3.63) is 35.9 Å². The Kier molecular flexibility index (Phi) is 3.79. The lowest BCUT2D eigenvalue weighted by molar-refractivity contribution is -0.145. The number of hydrogen-bond donors (Lipinski definition) is 0. The van der Waals surface area contributed by atoms with E-state index in [0.29, 0.717) is 6.04 Å². The van der Waals surface area contributed by atoms with Crippen molar-refractivity contribution in [2.24, 2.45) is 0 Å². The van der Waals surface area contributed by atoms with Gasteiger partial charge in [-0.15, -0.1) is 0 Å². The van der Waals surface area contributed by atoms with Crippen LogP contribution in [0.2, 0.25) is 0 Å². The van der Waals surface area contributed by atoms with E-state index in [1.807, 2.05) is 6.07 Å². The van der Waals surface area contributed by atoms with E-state index in [0.717, 1.165) is 19.5 Å². The molecule has 0 radical (unpaired) electrons. The van der Waals surface area contributed by atoms with E-state index in [2.05, 4.69) is 36.1 Å². The van der Waals surface area contributed by atoms with Gasteiger partial charge in [0.2, 0.25) is 0 Å². The van der Waals surface area contributed by atoms with Crippen LogP contribution in [0.15, 0.2) is 30.3 Å². The predicted octanol–water partition coefficient (Wildman–Crippen LogP) is 2.39. The van der Waals surface area contributed by atoms with E-state index in [1.165, 1.54) is 12.5 Å². The van der Waals surface area contributed by atoms with Crippen molar-refractivity contribution >= 4 is 5.97 Å². The fourth-order valence-electron chi connectivity index (χ4n) is 2.38. The molecule has 2 unspecified atom stereocenters. The summed E-state index contributed by atoms with van der Waals surface area (Å²) in [5.41, 5.74) is 1.32. The molecule has 2 atom stereocenters. The minimum absolute atomic E-state index is 0.0682. The summed E-state index contributed by atoms with van der Waals surface area (Å²) in [6.45, 7) is 5.51. The van der Waals surface area contributed by atoms with Crippen molar-refractivity contribution in [2.45, 2.75) is 32.4 Å². The third-order valence-corrected chi connectivity index (χ3v) is 3.34. The number of carbonyl (C=O) groups is 1. The van der Waals surface area contributed by atoms with Crippen LogP contribution in [-0.4, -0.2) is 30.1 Å². The Morgan fingerprint density at radius 2 is 2.12 bits per heavy atom. The molecule has 2 rings (SSSR count). The molecule has 3 heteroatoms. The van der Waals surface area contributed by atoms with Crippen LogP contribution >= 0.6 is 0 Å². The van der Waals surface area contributed by atoms with E-state index in [-0.39, 0.29) is 12.1 Å². The number of esters is 1. The van der Waals surface area contributed by atoms with E-state index >= 15 is 0 Å². The molecule has 1 saturated heterocycles. The number of benzene rings is 1. The van der Waals surface area contributed by atoms with Crippen LogP contribution < -0.4 is 0 Å². The van der Waals surface area contributed by atoms with Gasteiger partial charge in [-0.25, -0.2) is 0 Å². The molecule has 3 nitrogen and oxygen atoms in total. The van der Waals surface area contributed by atoms with Crippen molar-refractivity contribution in [1.82, 2.24) is 4.90 Å². The molecule has 1 aliphatic heterocycles. The van der Waals surface area contributed by atoms with Gasteiger partial charge in [-0.1, -0.05) is 30.3 Å². The molecule has 0 saturated carbocycles. The summed E-state index contributed by atoms with van der Waals surface area (Å²) in [7, 11) is 0. The third kappa shape index (κ3) is 3.07. The summed E-state index contributed by atoms with van der Waals surface area (Å²) >= 11 is 0. The number of likely N-dealkylation sites (tertiary alicyclic amines) is 1. The molecule has 1 fully saturated rings. The Morgan fingerprint density at radius 3 is 2.76 bits per heavy atom. The Hall–Kier alpha value is -1.35. The molecule has 0 N–H and O–H groups in total. The van der Waals surface area contributed by atoms with Gasteiger partial charge in [0.25, 0.3) is 0 Å². The summed E-state index contributed by atoms with van der Waals surface area (Å²) in [5, 5.41) is 0. The Bertz CT molecular complexity index is 377. The van der Waals surface area contributed by atoms with E-state index in [1.54, 1.807) is 0 Å². The third-order valence-electron chi connectivity index (χ3n) is 3.34. The minimum Gasteiger partial charge on any atom is -0.461 e. The maximum absolute atomic E-state index is 10.9. The Balaban J connectivity index is 1.94. The monoisotopic (exact) mass is 233 g/mol. The second-order valence-electron chi connectivity index (χ2n) is 4.60. The Labute approximate surface area is 102 Å². The SMILES string of the molecule is CC(=O)OC1CCN(C(C)c2ccccc2)C1. The summed E-state index contributed by atoms with van der Waals surface area (Å²) in [6.07, 6.45) is 1.01. The average Bonchev–Trinajstić information content (AvgIpc) is 2.77. The highest BCUT2D eigenvalue weighted by Gasteiger charge is 2.28. The number of nitrogens with zero attached hydrogens (tertiary/aromatic N) is 1. The molecule has 92 valence electrons. The topological polar surface area (TPSA) is 29.5 Å². The van der Waals surface area contributed by atoms with Crippen LogP contribution in [-0.2, 0) is 9.53 Å². The van der Waals surface area contributed by atoms with E-state index < -0.39 is 0 Å². The smallest absolute Gasteiger partial charge is 0.302 e. The molecule has 17 heavy (non-hydrogen) atoms. The molecule has 0 amide bonds. The van der Waals surface area contributed by atoms with Crippen molar-refractivity contribution in [2.75, 3.05) is 13.1 Å². The first kappa shape index (κ1) is 12.1. The first-order valence-corrected chi connectivity index (χ1v) is 6.13. The minimum atomic E-state index is -0.177. The zero-order valence-corrected chi connectivity index (χ0v) is 10.4. The lowest BCUT2D eigenvalue weighted by Crippen LogP contribution is -2.27. The number of ether oxygens (including phenoxy) is 1. The fraction of sp³-hybridized carbons (Fsp3) is 0.500. The Morgan fingerprint density at radius 1 is 1.41 bits per heavy atom. The van der Waals surface area contributed by atoms with Crippen molar-refractivity contribution in [3.63, 3.8) is 0 Å². The quantitative estimate of drug-likeness (QED) is 0.751. The van der Waals surface area contributed by atoms with Crippen molar-refractivity contribution < 1.29 is 9.53 Å². The molecule has 0 bridgehead atoms. The van der Waals surface area contributed by atoms with Gasteiger partial charge in [0.15, 0.2) is 0 Å². The first-order valence-electron chi connectivity index (χ1n) is 6.13. The van der Waals surface area contributed by atoms with Crippen LogP contribution in [0.1, 0.15) is 31.9 Å². The lowest BCUT2D eigenvalue weighted by atomic mass is 10.1. The van der Waals surface area contributed by atoms with Gasteiger partial charge >= 0.3 is 5.97 Å². The summed E-state index contributed by atoms with van der Waals surface area (Å²) in [6, 6.07) is 10.8. The summed E-state index contributed by atoms with van der Waals surface area (Å²) in [4.78, 5) is 13.3. The van der Waals surface area contributed by atoms with Crippen LogP contribution in [0.3, 0.4) is 0 Å². The highest BCUT2D eigenvalue weighted by molar-refractivity contribution is 5.66.